The van der Waals surface area contributed by atoms with E-state index in [9.17, 15) is 4.79 Å². The summed E-state index contributed by atoms with van der Waals surface area (Å²) in [5.41, 5.74) is 1.29. The van der Waals surface area contributed by atoms with Crippen molar-refractivity contribution in [3.05, 3.63) is 16.4 Å². The highest BCUT2D eigenvalue weighted by atomic mass is 35.5. The Morgan fingerprint density at radius 2 is 2.22 bits per heavy atom. The number of carbonyl (C=O) groups excluding carboxylic acids is 1. The first-order valence-corrected chi connectivity index (χ1v) is 9.00. The lowest BCUT2D eigenvalue weighted by atomic mass is 10.0. The molecule has 2 rings (SSSR count). The molecule has 6 heteroatoms. The number of aromatic nitrogens is 2. The van der Waals surface area contributed by atoms with Gasteiger partial charge in [-0.1, -0.05) is 32.4 Å². The van der Waals surface area contributed by atoms with Crippen LogP contribution in [0.5, 0.6) is 0 Å². The lowest BCUT2D eigenvalue weighted by Gasteiger charge is -2.30. The molecule has 0 radical (unpaired) electrons. The second-order valence-electron chi connectivity index (χ2n) is 6.99. The van der Waals surface area contributed by atoms with Gasteiger partial charge in [-0.15, -0.1) is 0 Å². The van der Waals surface area contributed by atoms with Gasteiger partial charge in [-0.05, 0) is 44.2 Å². The molecule has 0 aliphatic carbocycles. The molecule has 1 aromatic heterocycles. The summed E-state index contributed by atoms with van der Waals surface area (Å²) < 4.78 is 1.57. The number of rotatable bonds is 6. The van der Waals surface area contributed by atoms with Gasteiger partial charge >= 0.3 is 0 Å². The molecule has 1 amide bonds. The van der Waals surface area contributed by atoms with Crippen LogP contribution in [-0.4, -0.2) is 46.8 Å². The number of nitrogens with zero attached hydrogens (tertiary/aromatic N) is 3. The van der Waals surface area contributed by atoms with Gasteiger partial charge in [0.15, 0.2) is 0 Å². The number of likely N-dealkylation sites (tertiary alicyclic amines) is 1. The molecule has 2 heterocycles. The zero-order chi connectivity index (χ0) is 17.0. The maximum Gasteiger partial charge on any atom is 0.256 e. The molecule has 130 valence electrons. The zero-order valence-electron chi connectivity index (χ0n) is 14.7. The van der Waals surface area contributed by atoms with Crippen LogP contribution in [0.1, 0.15) is 62.0 Å². The van der Waals surface area contributed by atoms with Crippen LogP contribution in [0.2, 0.25) is 5.15 Å². The lowest BCUT2D eigenvalue weighted by Crippen LogP contribution is -2.36. The third kappa shape index (κ3) is 4.70. The minimum absolute atomic E-state index is 0.112. The van der Waals surface area contributed by atoms with E-state index in [1.807, 2.05) is 13.8 Å². The van der Waals surface area contributed by atoms with E-state index >= 15 is 0 Å². The zero-order valence-corrected chi connectivity index (χ0v) is 15.5. The number of piperidine rings is 1. The summed E-state index contributed by atoms with van der Waals surface area (Å²) >= 11 is 6.23. The summed E-state index contributed by atoms with van der Waals surface area (Å²) in [6.07, 6.45) is 3.59. The summed E-state index contributed by atoms with van der Waals surface area (Å²) in [6, 6.07) is 0. The molecular weight excluding hydrogens is 312 g/mol. The Morgan fingerprint density at radius 1 is 1.48 bits per heavy atom. The van der Waals surface area contributed by atoms with E-state index in [0.29, 0.717) is 17.3 Å². The Hall–Kier alpha value is -1.07. The molecule has 1 atom stereocenters. The average molecular weight is 341 g/mol. The van der Waals surface area contributed by atoms with E-state index in [1.54, 1.807) is 11.7 Å². The van der Waals surface area contributed by atoms with Crippen LogP contribution in [0, 0.1) is 5.92 Å². The molecule has 1 unspecified atom stereocenters. The summed E-state index contributed by atoms with van der Waals surface area (Å²) in [7, 11) is 1.77. The molecule has 1 saturated heterocycles. The maximum absolute atomic E-state index is 12.4. The highest BCUT2D eigenvalue weighted by Gasteiger charge is 2.23. The van der Waals surface area contributed by atoms with Gasteiger partial charge in [-0.2, -0.15) is 5.10 Å². The van der Waals surface area contributed by atoms with Crippen LogP contribution < -0.4 is 5.32 Å². The number of hydrogen-bond donors (Lipinski definition) is 1. The molecule has 0 saturated carbocycles. The fourth-order valence-electron chi connectivity index (χ4n) is 3.22. The third-order valence-corrected chi connectivity index (χ3v) is 4.89. The van der Waals surface area contributed by atoms with E-state index < -0.39 is 0 Å². The van der Waals surface area contributed by atoms with E-state index in [1.165, 1.54) is 25.9 Å². The monoisotopic (exact) mass is 340 g/mol. The van der Waals surface area contributed by atoms with Crippen molar-refractivity contribution in [2.75, 3.05) is 26.2 Å². The second-order valence-corrected chi connectivity index (χ2v) is 7.34. The molecule has 0 spiro atoms. The molecule has 1 N–H and O–H groups in total. The van der Waals surface area contributed by atoms with E-state index in [4.69, 9.17) is 11.6 Å². The van der Waals surface area contributed by atoms with Crippen LogP contribution in [0.25, 0.3) is 0 Å². The first-order valence-electron chi connectivity index (χ1n) is 8.63. The summed E-state index contributed by atoms with van der Waals surface area (Å²) in [5.74, 6) is 0.851. The van der Waals surface area contributed by atoms with Crippen molar-refractivity contribution in [1.82, 2.24) is 20.0 Å². The Balaban J connectivity index is 1.83. The molecule has 1 aromatic rings. The standard InChI is InChI=1S/C17H29ClN4O/c1-12(2)15-14(16(18)21(4)20-15)17(23)19-8-6-10-22-9-5-7-13(3)11-22/h12-13H,5-11H2,1-4H3,(H,19,23). The minimum atomic E-state index is -0.112. The van der Waals surface area contributed by atoms with Crippen LogP contribution >= 0.6 is 11.6 Å². The van der Waals surface area contributed by atoms with E-state index in [0.717, 1.165) is 24.6 Å². The minimum Gasteiger partial charge on any atom is -0.352 e. The van der Waals surface area contributed by atoms with Crippen molar-refractivity contribution >= 4 is 17.5 Å². The fraction of sp³-hybridized carbons (Fsp3) is 0.765. The molecule has 1 fully saturated rings. The van der Waals surface area contributed by atoms with E-state index in [2.05, 4.69) is 22.2 Å². The molecule has 0 bridgehead atoms. The Bertz CT molecular complexity index is 541. The largest absolute Gasteiger partial charge is 0.352 e. The van der Waals surface area contributed by atoms with Gasteiger partial charge in [0.2, 0.25) is 0 Å². The molecule has 5 nitrogen and oxygen atoms in total. The first kappa shape index (κ1) is 18.3. The number of hydrogen-bond acceptors (Lipinski definition) is 3. The first-order chi connectivity index (χ1) is 10.9. The van der Waals surface area contributed by atoms with Gasteiger partial charge in [-0.3, -0.25) is 9.48 Å². The highest BCUT2D eigenvalue weighted by Crippen LogP contribution is 2.25. The highest BCUT2D eigenvalue weighted by molar-refractivity contribution is 6.33. The van der Waals surface area contributed by atoms with Crippen molar-refractivity contribution in [3.8, 4) is 0 Å². The van der Waals surface area contributed by atoms with Crippen molar-refractivity contribution in [2.45, 2.75) is 46.0 Å². The van der Waals surface area contributed by atoms with Crippen molar-refractivity contribution < 1.29 is 4.79 Å². The molecule has 23 heavy (non-hydrogen) atoms. The fourth-order valence-corrected chi connectivity index (χ4v) is 3.44. The van der Waals surface area contributed by atoms with Crippen molar-refractivity contribution in [3.63, 3.8) is 0 Å². The normalized spacial score (nSPS) is 19.3. The Kier molecular flexibility index (Phi) is 6.48. The van der Waals surface area contributed by atoms with Crippen molar-refractivity contribution in [1.29, 1.82) is 0 Å². The third-order valence-electron chi connectivity index (χ3n) is 4.46. The Labute approximate surface area is 144 Å². The average Bonchev–Trinajstić information content (AvgIpc) is 2.80. The predicted octanol–water partition coefficient (Wildman–Crippen LogP) is 3.05. The van der Waals surface area contributed by atoms with Gasteiger partial charge in [0.05, 0.1) is 11.3 Å². The van der Waals surface area contributed by atoms with Crippen LogP contribution in [0.4, 0.5) is 0 Å². The number of nitrogens with one attached hydrogen (secondary N) is 1. The number of halogens is 1. The van der Waals surface area contributed by atoms with Gasteiger partial charge in [0.1, 0.15) is 5.15 Å². The quantitative estimate of drug-likeness (QED) is 0.810. The topological polar surface area (TPSA) is 50.2 Å². The van der Waals surface area contributed by atoms with Crippen molar-refractivity contribution in [2.24, 2.45) is 13.0 Å². The number of aryl methyl sites for hydroxylation is 1. The maximum atomic E-state index is 12.4. The van der Waals surface area contributed by atoms with Crippen LogP contribution in [0.3, 0.4) is 0 Å². The molecular formula is C17H29ClN4O. The smallest absolute Gasteiger partial charge is 0.256 e. The summed E-state index contributed by atoms with van der Waals surface area (Å²) in [5, 5.41) is 7.77. The summed E-state index contributed by atoms with van der Waals surface area (Å²) in [4.78, 5) is 14.9. The van der Waals surface area contributed by atoms with Gasteiger partial charge in [0, 0.05) is 20.1 Å². The summed E-state index contributed by atoms with van der Waals surface area (Å²) in [6.45, 7) is 10.4. The number of carbonyl (C=O) groups is 1. The predicted molar refractivity (Wildman–Crippen MR) is 94.1 cm³/mol. The van der Waals surface area contributed by atoms with Gasteiger partial charge < -0.3 is 10.2 Å². The van der Waals surface area contributed by atoms with Gasteiger partial charge in [0.25, 0.3) is 5.91 Å². The van der Waals surface area contributed by atoms with Crippen LogP contribution in [-0.2, 0) is 7.05 Å². The lowest BCUT2D eigenvalue weighted by molar-refractivity contribution is 0.0949. The number of amides is 1. The van der Waals surface area contributed by atoms with E-state index in [-0.39, 0.29) is 11.8 Å². The molecule has 1 aliphatic rings. The van der Waals surface area contributed by atoms with Crippen LogP contribution in [0.15, 0.2) is 0 Å². The van der Waals surface area contributed by atoms with Gasteiger partial charge in [-0.25, -0.2) is 0 Å². The second kappa shape index (κ2) is 8.15. The SMILES string of the molecule is CC1CCCN(CCCNC(=O)c2c(C(C)C)nn(C)c2Cl)C1. The molecule has 0 aromatic carbocycles. The Morgan fingerprint density at radius 3 is 2.87 bits per heavy atom. The molecule has 1 aliphatic heterocycles.